The topological polar surface area (TPSA) is 51.0 Å². The second-order valence-electron chi connectivity index (χ2n) is 4.54. The van der Waals surface area contributed by atoms with Crippen LogP contribution in [0.25, 0.3) is 0 Å². The van der Waals surface area contributed by atoms with E-state index in [1.54, 1.807) is 18.1 Å². The zero-order chi connectivity index (χ0) is 14.0. The molecule has 0 radical (unpaired) electrons. The molecule has 0 N–H and O–H groups in total. The van der Waals surface area contributed by atoms with Gasteiger partial charge >= 0.3 is 0 Å². The van der Waals surface area contributed by atoms with E-state index in [1.807, 2.05) is 31.0 Å². The van der Waals surface area contributed by atoms with Gasteiger partial charge in [0.15, 0.2) is 5.13 Å². The highest BCUT2D eigenvalue weighted by molar-refractivity contribution is 7.13. The van der Waals surface area contributed by atoms with Crippen LogP contribution in [0, 0.1) is 13.8 Å². The Morgan fingerprint density at radius 2 is 2.21 bits per heavy atom. The lowest BCUT2D eigenvalue weighted by atomic mass is 10.1. The number of anilines is 1. The van der Waals surface area contributed by atoms with Crippen molar-refractivity contribution in [3.05, 3.63) is 28.5 Å². The largest absolute Gasteiger partial charge is 0.291 e. The highest BCUT2D eigenvalue weighted by Gasteiger charge is 2.15. The van der Waals surface area contributed by atoms with Crippen LogP contribution in [0.1, 0.15) is 23.4 Å². The molecule has 0 spiro atoms. The van der Waals surface area contributed by atoms with Gasteiger partial charge in [0.05, 0.1) is 5.69 Å². The average Bonchev–Trinajstić information content (AvgIpc) is 2.97. The minimum absolute atomic E-state index is 0.0811. The van der Waals surface area contributed by atoms with Crippen molar-refractivity contribution in [2.75, 3.05) is 11.9 Å². The first-order chi connectivity index (χ1) is 9.00. The molecule has 2 rings (SSSR count). The summed E-state index contributed by atoms with van der Waals surface area (Å²) in [4.78, 5) is 17.9. The standard InChI is InChI=1S/C13H18N4OS/c1-9-11(10(2)17(4)15-9)5-6-12(18)16(3)13-14-7-8-19-13/h7-8H,5-6H2,1-4H3. The van der Waals surface area contributed by atoms with Gasteiger partial charge in [-0.25, -0.2) is 4.98 Å². The molecule has 0 fully saturated rings. The molecule has 2 aromatic rings. The summed E-state index contributed by atoms with van der Waals surface area (Å²) >= 11 is 1.47. The third-order valence-corrected chi connectivity index (χ3v) is 4.18. The molecule has 0 saturated carbocycles. The van der Waals surface area contributed by atoms with Crippen LogP contribution in [-0.4, -0.2) is 27.7 Å². The maximum absolute atomic E-state index is 12.1. The van der Waals surface area contributed by atoms with Crippen molar-refractivity contribution in [3.8, 4) is 0 Å². The lowest BCUT2D eigenvalue weighted by Crippen LogP contribution is -2.26. The molecule has 0 aliphatic rings. The number of carbonyl (C=O) groups is 1. The second kappa shape index (κ2) is 5.52. The summed E-state index contributed by atoms with van der Waals surface area (Å²) in [5.74, 6) is 0.0811. The Morgan fingerprint density at radius 3 is 2.74 bits per heavy atom. The zero-order valence-corrected chi connectivity index (χ0v) is 12.5. The summed E-state index contributed by atoms with van der Waals surface area (Å²) in [6.45, 7) is 4.02. The van der Waals surface area contributed by atoms with E-state index in [0.717, 1.165) is 22.9 Å². The molecule has 0 aromatic carbocycles. The summed E-state index contributed by atoms with van der Waals surface area (Å²) in [6.07, 6.45) is 2.91. The Labute approximate surface area is 116 Å². The average molecular weight is 278 g/mol. The number of hydrogen-bond donors (Lipinski definition) is 0. The summed E-state index contributed by atoms with van der Waals surface area (Å²) in [6, 6.07) is 0. The fourth-order valence-corrected chi connectivity index (χ4v) is 2.69. The number of amides is 1. The van der Waals surface area contributed by atoms with E-state index >= 15 is 0 Å². The smallest absolute Gasteiger partial charge is 0.228 e. The molecule has 2 heterocycles. The number of carbonyl (C=O) groups excluding carboxylic acids is 1. The van der Waals surface area contributed by atoms with Crippen LogP contribution in [-0.2, 0) is 18.3 Å². The number of aryl methyl sites for hydroxylation is 2. The van der Waals surface area contributed by atoms with Crippen LogP contribution < -0.4 is 4.90 Å². The Morgan fingerprint density at radius 1 is 1.47 bits per heavy atom. The van der Waals surface area contributed by atoms with Gasteiger partial charge in [0.1, 0.15) is 0 Å². The summed E-state index contributed by atoms with van der Waals surface area (Å²) < 4.78 is 1.86. The van der Waals surface area contributed by atoms with E-state index in [0.29, 0.717) is 6.42 Å². The van der Waals surface area contributed by atoms with Crippen molar-refractivity contribution in [1.82, 2.24) is 14.8 Å². The first-order valence-corrected chi connectivity index (χ1v) is 7.03. The molecule has 0 aliphatic heterocycles. The predicted molar refractivity (Wildman–Crippen MR) is 76.5 cm³/mol. The summed E-state index contributed by atoms with van der Waals surface area (Å²) in [7, 11) is 3.69. The number of rotatable bonds is 4. The van der Waals surface area contributed by atoms with Crippen molar-refractivity contribution in [2.24, 2.45) is 7.05 Å². The van der Waals surface area contributed by atoms with E-state index in [2.05, 4.69) is 10.1 Å². The number of nitrogens with zero attached hydrogens (tertiary/aromatic N) is 4. The van der Waals surface area contributed by atoms with Crippen molar-refractivity contribution >= 4 is 22.4 Å². The molecule has 0 unspecified atom stereocenters. The fourth-order valence-electron chi connectivity index (χ4n) is 2.07. The Kier molecular flexibility index (Phi) is 3.99. The molecule has 0 bridgehead atoms. The zero-order valence-electron chi connectivity index (χ0n) is 11.7. The van der Waals surface area contributed by atoms with Crippen LogP contribution >= 0.6 is 11.3 Å². The molecule has 19 heavy (non-hydrogen) atoms. The first-order valence-electron chi connectivity index (χ1n) is 6.16. The van der Waals surface area contributed by atoms with Gasteiger partial charge < -0.3 is 0 Å². The molecule has 102 valence electrons. The van der Waals surface area contributed by atoms with Crippen LogP contribution in [0.3, 0.4) is 0 Å². The minimum atomic E-state index is 0.0811. The van der Waals surface area contributed by atoms with Crippen LogP contribution in [0.2, 0.25) is 0 Å². The van der Waals surface area contributed by atoms with Crippen molar-refractivity contribution in [1.29, 1.82) is 0 Å². The van der Waals surface area contributed by atoms with Gasteiger partial charge in [-0.3, -0.25) is 14.4 Å². The molecule has 0 saturated heterocycles. The van der Waals surface area contributed by atoms with Crippen molar-refractivity contribution in [2.45, 2.75) is 26.7 Å². The monoisotopic (exact) mass is 278 g/mol. The summed E-state index contributed by atoms with van der Waals surface area (Å²) in [5, 5.41) is 6.97. The maximum Gasteiger partial charge on any atom is 0.228 e. The van der Waals surface area contributed by atoms with Gasteiger partial charge in [-0.15, -0.1) is 11.3 Å². The SMILES string of the molecule is Cc1nn(C)c(C)c1CCC(=O)N(C)c1nccs1. The highest BCUT2D eigenvalue weighted by atomic mass is 32.1. The molecule has 2 aromatic heterocycles. The van der Waals surface area contributed by atoms with Crippen molar-refractivity contribution in [3.63, 3.8) is 0 Å². The van der Waals surface area contributed by atoms with E-state index in [1.165, 1.54) is 16.9 Å². The molecule has 1 amide bonds. The molecule has 0 atom stereocenters. The molecule has 5 nitrogen and oxygen atoms in total. The van der Waals surface area contributed by atoms with E-state index in [9.17, 15) is 4.79 Å². The van der Waals surface area contributed by atoms with Gasteiger partial charge in [-0.2, -0.15) is 5.10 Å². The molecular weight excluding hydrogens is 260 g/mol. The number of aromatic nitrogens is 3. The van der Waals surface area contributed by atoms with E-state index in [-0.39, 0.29) is 5.91 Å². The van der Waals surface area contributed by atoms with Gasteiger partial charge in [0, 0.05) is 37.8 Å². The molecular formula is C13H18N4OS. The van der Waals surface area contributed by atoms with Crippen molar-refractivity contribution < 1.29 is 4.79 Å². The lowest BCUT2D eigenvalue weighted by molar-refractivity contribution is -0.118. The fraction of sp³-hybridized carbons (Fsp3) is 0.462. The minimum Gasteiger partial charge on any atom is -0.291 e. The first kappa shape index (κ1) is 13.7. The van der Waals surface area contributed by atoms with Crippen LogP contribution in [0.15, 0.2) is 11.6 Å². The Bertz CT molecular complexity index is 574. The maximum atomic E-state index is 12.1. The third kappa shape index (κ3) is 2.84. The van der Waals surface area contributed by atoms with Crippen LogP contribution in [0.5, 0.6) is 0 Å². The lowest BCUT2D eigenvalue weighted by Gasteiger charge is -2.13. The Hall–Kier alpha value is -1.69. The molecule has 0 aliphatic carbocycles. The van der Waals surface area contributed by atoms with E-state index < -0.39 is 0 Å². The Balaban J connectivity index is 2.01. The predicted octanol–water partition coefficient (Wildman–Crippen LogP) is 2.09. The quantitative estimate of drug-likeness (QED) is 0.860. The van der Waals surface area contributed by atoms with Gasteiger partial charge in [-0.05, 0) is 25.8 Å². The number of thiazole rings is 1. The van der Waals surface area contributed by atoms with E-state index in [4.69, 9.17) is 0 Å². The second-order valence-corrected chi connectivity index (χ2v) is 5.41. The third-order valence-electron chi connectivity index (χ3n) is 3.33. The van der Waals surface area contributed by atoms with Gasteiger partial charge in [0.25, 0.3) is 0 Å². The van der Waals surface area contributed by atoms with Crippen LogP contribution in [0.4, 0.5) is 5.13 Å². The van der Waals surface area contributed by atoms with Gasteiger partial charge in [-0.1, -0.05) is 0 Å². The highest BCUT2D eigenvalue weighted by Crippen LogP contribution is 2.18. The normalized spacial score (nSPS) is 10.7. The number of hydrogen-bond acceptors (Lipinski definition) is 4. The molecule has 6 heteroatoms. The van der Waals surface area contributed by atoms with Gasteiger partial charge in [0.2, 0.25) is 5.91 Å². The summed E-state index contributed by atoms with van der Waals surface area (Å²) in [5.41, 5.74) is 3.30.